The molecular weight excluding hydrogens is 498 g/mol. The molecule has 0 radical (unpaired) electrons. The van der Waals surface area contributed by atoms with E-state index in [4.69, 9.17) is 37.3 Å². The van der Waals surface area contributed by atoms with E-state index in [1.807, 2.05) is 52.0 Å². The maximum atomic E-state index is 12.2. The topological polar surface area (TPSA) is 60.0 Å². The third-order valence-electron chi connectivity index (χ3n) is 6.81. The highest BCUT2D eigenvalue weighted by atomic mass is 35.5. The average Bonchev–Trinajstić information content (AvgIpc) is 3.06. The second-order valence-corrected chi connectivity index (χ2v) is 10.8. The number of aryl methyl sites for hydroxylation is 1. The first kappa shape index (κ1) is 28.8. The van der Waals surface area contributed by atoms with E-state index in [0.717, 1.165) is 42.6 Å². The highest BCUT2D eigenvalue weighted by molar-refractivity contribution is 6.62. The number of benzene rings is 2. The number of amides is 1. The molecule has 0 atom stereocenters. The Kier molecular flexibility index (Phi) is 10.5. The van der Waals surface area contributed by atoms with Gasteiger partial charge in [-0.05, 0) is 69.3 Å². The number of nitrogens with one attached hydrogen (secondary N) is 1. The molecule has 0 aromatic heterocycles. The van der Waals surface area contributed by atoms with Crippen molar-refractivity contribution in [2.45, 2.75) is 64.8 Å². The van der Waals surface area contributed by atoms with Crippen molar-refractivity contribution in [1.82, 2.24) is 5.48 Å². The summed E-state index contributed by atoms with van der Waals surface area (Å²) in [6.07, 6.45) is 1.96. The second kappa shape index (κ2) is 13.2. The number of nitrogens with zero attached hydrogens (tertiary/aromatic N) is 1. The fourth-order valence-electron chi connectivity index (χ4n) is 3.90. The van der Waals surface area contributed by atoms with Crippen LogP contribution in [-0.4, -0.2) is 49.1 Å². The minimum atomic E-state index is -0.393. The van der Waals surface area contributed by atoms with Crippen LogP contribution in [0.1, 0.15) is 51.7 Å². The molecule has 9 heteroatoms. The molecule has 2 aromatic rings. The predicted molar refractivity (Wildman–Crippen MR) is 148 cm³/mol. The van der Waals surface area contributed by atoms with E-state index in [-0.39, 0.29) is 23.7 Å². The number of hydrogen-bond donors (Lipinski definition) is 1. The Morgan fingerprint density at radius 3 is 2.03 bits per heavy atom. The van der Waals surface area contributed by atoms with Crippen LogP contribution in [-0.2, 0) is 32.0 Å². The molecule has 196 valence electrons. The van der Waals surface area contributed by atoms with E-state index in [1.54, 1.807) is 0 Å². The molecule has 36 heavy (non-hydrogen) atoms. The third-order valence-corrected chi connectivity index (χ3v) is 7.15. The Morgan fingerprint density at radius 2 is 1.47 bits per heavy atom. The molecule has 0 spiro atoms. The van der Waals surface area contributed by atoms with Crippen molar-refractivity contribution < 1.29 is 18.9 Å². The van der Waals surface area contributed by atoms with Gasteiger partial charge in [0.2, 0.25) is 5.91 Å². The zero-order valence-corrected chi connectivity index (χ0v) is 23.2. The number of carbonyl (C=O) groups excluding carboxylic acids is 1. The van der Waals surface area contributed by atoms with Crippen LogP contribution in [0.3, 0.4) is 0 Å². The summed E-state index contributed by atoms with van der Waals surface area (Å²) in [7, 11) is -0.393. The summed E-state index contributed by atoms with van der Waals surface area (Å²) in [5.74, 6) is 0.987. The van der Waals surface area contributed by atoms with Crippen LogP contribution in [0, 0.1) is 0 Å². The Balaban J connectivity index is 1.36. The quantitative estimate of drug-likeness (QED) is 0.226. The van der Waals surface area contributed by atoms with Gasteiger partial charge in [0.25, 0.3) is 0 Å². The van der Waals surface area contributed by atoms with Gasteiger partial charge in [0.15, 0.2) is 0 Å². The van der Waals surface area contributed by atoms with Gasteiger partial charge in [-0.15, -0.1) is 23.2 Å². The lowest BCUT2D eigenvalue weighted by Crippen LogP contribution is -2.41. The molecule has 1 fully saturated rings. The fourth-order valence-corrected chi connectivity index (χ4v) is 4.31. The number of carbonyl (C=O) groups is 1. The Morgan fingerprint density at radius 1 is 0.917 bits per heavy atom. The van der Waals surface area contributed by atoms with Crippen LogP contribution >= 0.6 is 23.2 Å². The molecule has 0 saturated carbocycles. The van der Waals surface area contributed by atoms with E-state index < -0.39 is 7.12 Å². The van der Waals surface area contributed by atoms with Crippen molar-refractivity contribution in [3.8, 4) is 0 Å². The molecule has 0 unspecified atom stereocenters. The summed E-state index contributed by atoms with van der Waals surface area (Å²) in [6, 6.07) is 16.2. The summed E-state index contributed by atoms with van der Waals surface area (Å²) >= 11 is 11.8. The Hall–Kier alpha value is -1.77. The SMILES string of the molecule is CC1(C)OB(c2ccc(CONC(=O)CCCc3ccc(N(CCCl)CCCl)cc3)cc2)OC1(C)C. The molecule has 1 saturated heterocycles. The van der Waals surface area contributed by atoms with Crippen molar-refractivity contribution in [3.05, 3.63) is 59.7 Å². The van der Waals surface area contributed by atoms with E-state index in [2.05, 4.69) is 34.6 Å². The summed E-state index contributed by atoms with van der Waals surface area (Å²) in [6.45, 7) is 9.96. The van der Waals surface area contributed by atoms with E-state index in [9.17, 15) is 4.79 Å². The largest absolute Gasteiger partial charge is 0.494 e. The molecule has 2 aromatic carbocycles. The van der Waals surface area contributed by atoms with Crippen molar-refractivity contribution >= 4 is 47.4 Å². The molecule has 1 aliphatic heterocycles. The molecule has 1 amide bonds. The molecule has 6 nitrogen and oxygen atoms in total. The first-order chi connectivity index (χ1) is 17.1. The maximum absolute atomic E-state index is 12.2. The highest BCUT2D eigenvalue weighted by Crippen LogP contribution is 2.36. The lowest BCUT2D eigenvalue weighted by atomic mass is 9.79. The average molecular weight is 535 g/mol. The number of anilines is 1. The van der Waals surface area contributed by atoms with Crippen LogP contribution < -0.4 is 15.8 Å². The van der Waals surface area contributed by atoms with Gasteiger partial charge < -0.3 is 14.2 Å². The minimum Gasteiger partial charge on any atom is -0.399 e. The van der Waals surface area contributed by atoms with Crippen LogP contribution in [0.4, 0.5) is 5.69 Å². The smallest absolute Gasteiger partial charge is 0.399 e. The third kappa shape index (κ3) is 7.86. The van der Waals surface area contributed by atoms with Gasteiger partial charge >= 0.3 is 7.12 Å². The van der Waals surface area contributed by atoms with Gasteiger partial charge in [0, 0.05) is 37.0 Å². The maximum Gasteiger partial charge on any atom is 0.494 e. The summed E-state index contributed by atoms with van der Waals surface area (Å²) < 4.78 is 12.2. The molecule has 0 aliphatic carbocycles. The van der Waals surface area contributed by atoms with Gasteiger partial charge in [0.05, 0.1) is 17.8 Å². The van der Waals surface area contributed by atoms with Gasteiger partial charge in [-0.25, -0.2) is 5.48 Å². The highest BCUT2D eigenvalue weighted by Gasteiger charge is 2.51. The summed E-state index contributed by atoms with van der Waals surface area (Å²) in [4.78, 5) is 19.7. The van der Waals surface area contributed by atoms with Crippen LogP contribution in [0.5, 0.6) is 0 Å². The van der Waals surface area contributed by atoms with Crippen molar-refractivity contribution in [2.75, 3.05) is 29.7 Å². The number of hydroxylamine groups is 1. The first-order valence-corrected chi connectivity index (χ1v) is 13.5. The van der Waals surface area contributed by atoms with Crippen LogP contribution in [0.25, 0.3) is 0 Å². The predicted octanol–water partition coefficient (Wildman–Crippen LogP) is 4.84. The molecule has 0 bridgehead atoms. The standard InChI is InChI=1S/C27H37BCl2N2O4/c1-26(2)27(3,4)36-28(35-26)23-12-8-22(9-13-23)20-34-31-25(33)7-5-6-21-10-14-24(15-11-21)32(18-16-29)19-17-30/h8-15H,5-7,16-20H2,1-4H3,(H,31,33). The zero-order valence-electron chi connectivity index (χ0n) is 21.7. The van der Waals surface area contributed by atoms with Crippen LogP contribution in [0.2, 0.25) is 0 Å². The van der Waals surface area contributed by atoms with Gasteiger partial charge in [0.1, 0.15) is 0 Å². The number of hydrogen-bond acceptors (Lipinski definition) is 5. The van der Waals surface area contributed by atoms with Crippen molar-refractivity contribution in [1.29, 1.82) is 0 Å². The van der Waals surface area contributed by atoms with E-state index in [0.29, 0.717) is 18.2 Å². The van der Waals surface area contributed by atoms with Crippen LogP contribution in [0.15, 0.2) is 48.5 Å². The van der Waals surface area contributed by atoms with Gasteiger partial charge in [-0.3, -0.25) is 9.63 Å². The number of halogens is 2. The van der Waals surface area contributed by atoms with E-state index in [1.165, 1.54) is 5.56 Å². The fraction of sp³-hybridized carbons (Fsp3) is 0.519. The second-order valence-electron chi connectivity index (χ2n) is 10.0. The summed E-state index contributed by atoms with van der Waals surface area (Å²) in [5.41, 5.74) is 6.00. The first-order valence-electron chi connectivity index (χ1n) is 12.5. The summed E-state index contributed by atoms with van der Waals surface area (Å²) in [5, 5.41) is 0. The lowest BCUT2D eigenvalue weighted by Gasteiger charge is -2.32. The van der Waals surface area contributed by atoms with Crippen molar-refractivity contribution in [2.24, 2.45) is 0 Å². The Bertz CT molecular complexity index is 949. The van der Waals surface area contributed by atoms with Crippen molar-refractivity contribution in [3.63, 3.8) is 0 Å². The molecule has 1 N–H and O–H groups in total. The zero-order chi connectivity index (χ0) is 26.2. The van der Waals surface area contributed by atoms with E-state index >= 15 is 0 Å². The minimum absolute atomic E-state index is 0.129. The normalized spacial score (nSPS) is 16.2. The van der Waals surface area contributed by atoms with Gasteiger partial charge in [-0.2, -0.15) is 0 Å². The lowest BCUT2D eigenvalue weighted by molar-refractivity contribution is -0.134. The molecule has 3 rings (SSSR count). The number of alkyl halides is 2. The number of rotatable bonds is 13. The molecular formula is C27H37BCl2N2O4. The van der Waals surface area contributed by atoms with Gasteiger partial charge in [-0.1, -0.05) is 36.4 Å². The Labute approximate surface area is 225 Å². The molecule has 1 aliphatic rings. The monoisotopic (exact) mass is 534 g/mol. The molecule has 1 heterocycles.